The molecule has 0 atom stereocenters. The molecule has 0 bridgehead atoms. The molecule has 0 fully saturated rings. The van der Waals surface area contributed by atoms with Gasteiger partial charge in [-0.25, -0.2) is 0 Å². The third-order valence-electron chi connectivity index (χ3n) is 6.79. The molecule has 2 rings (SSSR count). The monoisotopic (exact) mass is 314 g/mol. The van der Waals surface area contributed by atoms with E-state index in [1.807, 2.05) is 6.92 Å². The van der Waals surface area contributed by atoms with Crippen LogP contribution in [0.4, 0.5) is 0 Å². The number of allylic oxidation sites excluding steroid dienone is 1. The van der Waals surface area contributed by atoms with Gasteiger partial charge in [-0.05, 0) is 52.2 Å². The first-order valence-electron chi connectivity index (χ1n) is 9.10. The molecule has 0 amide bonds. The summed E-state index contributed by atoms with van der Waals surface area (Å²) in [6.07, 6.45) is 1.11. The van der Waals surface area contributed by atoms with Crippen molar-refractivity contribution in [2.75, 3.05) is 0 Å². The molecule has 0 unspecified atom stereocenters. The van der Waals surface area contributed by atoms with Crippen LogP contribution in [0.25, 0.3) is 0 Å². The van der Waals surface area contributed by atoms with Gasteiger partial charge in [0.1, 0.15) is 0 Å². The molecule has 0 saturated heterocycles. The lowest BCUT2D eigenvalue weighted by Crippen LogP contribution is -2.42. The molecule has 0 spiro atoms. The van der Waals surface area contributed by atoms with Crippen LogP contribution in [0.5, 0.6) is 0 Å². The van der Waals surface area contributed by atoms with E-state index in [-0.39, 0.29) is 16.2 Å². The molecule has 23 heavy (non-hydrogen) atoms. The number of rotatable bonds is 2. The maximum atomic E-state index is 3.67. The molecule has 0 heteroatoms. The van der Waals surface area contributed by atoms with E-state index in [4.69, 9.17) is 0 Å². The molecule has 130 valence electrons. The lowest BCUT2D eigenvalue weighted by atomic mass is 9.59. The predicted octanol–water partition coefficient (Wildman–Crippen LogP) is 7.38. The van der Waals surface area contributed by atoms with E-state index in [2.05, 4.69) is 87.1 Å². The molecule has 1 aromatic carbocycles. The van der Waals surface area contributed by atoms with Crippen LogP contribution in [0.15, 0.2) is 30.4 Å². The second-order valence-electron chi connectivity index (χ2n) is 9.15. The first-order valence-corrected chi connectivity index (χ1v) is 9.10. The van der Waals surface area contributed by atoms with Crippen molar-refractivity contribution in [3.63, 3.8) is 0 Å². The van der Waals surface area contributed by atoms with E-state index in [9.17, 15) is 0 Å². The Morgan fingerprint density at radius 2 is 1.39 bits per heavy atom. The van der Waals surface area contributed by atoms with Gasteiger partial charge in [-0.2, -0.15) is 0 Å². The van der Waals surface area contributed by atoms with Gasteiger partial charge in [-0.15, -0.1) is 6.58 Å². The van der Waals surface area contributed by atoms with Gasteiger partial charge >= 0.3 is 0 Å². The minimum atomic E-state index is 0.233. The van der Waals surface area contributed by atoms with Crippen molar-refractivity contribution in [1.29, 1.82) is 0 Å². The molecule has 0 aliphatic heterocycles. The van der Waals surface area contributed by atoms with Gasteiger partial charge < -0.3 is 0 Å². The van der Waals surface area contributed by atoms with Crippen molar-refractivity contribution in [2.24, 2.45) is 5.41 Å². The van der Waals surface area contributed by atoms with Crippen LogP contribution < -0.4 is 0 Å². The van der Waals surface area contributed by atoms with Crippen LogP contribution in [0.1, 0.15) is 98.3 Å². The van der Waals surface area contributed by atoms with Crippen LogP contribution in [0.2, 0.25) is 0 Å². The standard InChI is InChI=1S/C18H28.C5H10/c1-12(2)13-9-10-14-15(11-13)17(5,6)18(7,8)16(14,3)4;1-4-5(2)3/h9-12H,1-8H3;2,4H2,1,3H3. The van der Waals surface area contributed by atoms with E-state index in [0.717, 1.165) is 6.42 Å². The summed E-state index contributed by atoms with van der Waals surface area (Å²) in [7, 11) is 0. The summed E-state index contributed by atoms with van der Waals surface area (Å²) in [6, 6.07) is 7.15. The van der Waals surface area contributed by atoms with Gasteiger partial charge in [-0.1, -0.05) is 86.1 Å². The maximum absolute atomic E-state index is 3.67. The molecular weight excluding hydrogens is 276 g/mol. The lowest BCUT2D eigenvalue weighted by molar-refractivity contribution is 0.125. The predicted molar refractivity (Wildman–Crippen MR) is 105 cm³/mol. The van der Waals surface area contributed by atoms with Crippen molar-refractivity contribution in [2.45, 2.75) is 92.4 Å². The van der Waals surface area contributed by atoms with Crippen LogP contribution >= 0.6 is 0 Å². The Bertz CT molecular complexity index is 568. The van der Waals surface area contributed by atoms with E-state index in [1.54, 1.807) is 11.1 Å². The Morgan fingerprint density at radius 1 is 0.957 bits per heavy atom. The molecule has 0 saturated carbocycles. The fraction of sp³-hybridized carbons (Fsp3) is 0.652. The van der Waals surface area contributed by atoms with Crippen molar-refractivity contribution < 1.29 is 0 Å². The highest BCUT2D eigenvalue weighted by Gasteiger charge is 2.56. The molecule has 1 aromatic rings. The highest BCUT2D eigenvalue weighted by atomic mass is 14.6. The van der Waals surface area contributed by atoms with E-state index >= 15 is 0 Å². The van der Waals surface area contributed by atoms with Gasteiger partial charge in [0.15, 0.2) is 0 Å². The van der Waals surface area contributed by atoms with Crippen LogP contribution in [0.3, 0.4) is 0 Å². The third kappa shape index (κ3) is 3.28. The van der Waals surface area contributed by atoms with Crippen molar-refractivity contribution in [1.82, 2.24) is 0 Å². The first-order chi connectivity index (χ1) is 10.3. The quantitative estimate of drug-likeness (QED) is 0.500. The zero-order valence-corrected chi connectivity index (χ0v) is 17.2. The average Bonchev–Trinajstić information content (AvgIpc) is 2.55. The lowest BCUT2D eigenvalue weighted by Gasteiger charge is -2.44. The molecule has 0 radical (unpaired) electrons. The number of fused-ring (bicyclic) bond motifs is 1. The number of benzene rings is 1. The zero-order chi connectivity index (χ0) is 18.2. The molecule has 1 aliphatic carbocycles. The highest BCUT2D eigenvalue weighted by molar-refractivity contribution is 5.50. The summed E-state index contributed by atoms with van der Waals surface area (Å²) in [5, 5.41) is 0. The van der Waals surface area contributed by atoms with Gasteiger partial charge in [-0.3, -0.25) is 0 Å². The largest absolute Gasteiger partial charge is 0.100 e. The summed E-state index contributed by atoms with van der Waals surface area (Å²) >= 11 is 0. The Hall–Kier alpha value is -1.04. The first kappa shape index (κ1) is 20.0. The van der Waals surface area contributed by atoms with Crippen LogP contribution in [0, 0.1) is 5.41 Å². The maximum Gasteiger partial charge on any atom is -0.00411 e. The molecule has 0 heterocycles. The minimum absolute atomic E-state index is 0.233. The highest BCUT2D eigenvalue weighted by Crippen LogP contribution is 2.61. The second kappa shape index (κ2) is 6.46. The normalized spacial score (nSPS) is 19.8. The fourth-order valence-electron chi connectivity index (χ4n) is 3.44. The van der Waals surface area contributed by atoms with Gasteiger partial charge in [0, 0.05) is 0 Å². The third-order valence-corrected chi connectivity index (χ3v) is 6.79. The van der Waals surface area contributed by atoms with Crippen molar-refractivity contribution in [3.8, 4) is 0 Å². The second-order valence-corrected chi connectivity index (χ2v) is 9.15. The van der Waals surface area contributed by atoms with Crippen molar-refractivity contribution in [3.05, 3.63) is 47.0 Å². The molecule has 0 N–H and O–H groups in total. The molecular formula is C23H38. The Kier molecular flexibility index (Phi) is 5.62. The van der Waals surface area contributed by atoms with E-state index in [0.29, 0.717) is 5.92 Å². The topological polar surface area (TPSA) is 0 Å². The van der Waals surface area contributed by atoms with E-state index < -0.39 is 0 Å². The molecule has 0 nitrogen and oxygen atoms in total. The summed E-state index contributed by atoms with van der Waals surface area (Å²) in [6.45, 7) is 26.8. The van der Waals surface area contributed by atoms with E-state index in [1.165, 1.54) is 11.1 Å². The van der Waals surface area contributed by atoms with Gasteiger partial charge in [0.05, 0.1) is 0 Å². The molecule has 1 aliphatic rings. The smallest absolute Gasteiger partial charge is 0.00411 e. The fourth-order valence-corrected chi connectivity index (χ4v) is 3.44. The van der Waals surface area contributed by atoms with Crippen LogP contribution in [-0.4, -0.2) is 0 Å². The number of hydrogen-bond acceptors (Lipinski definition) is 0. The van der Waals surface area contributed by atoms with Crippen LogP contribution in [-0.2, 0) is 10.8 Å². The Labute approximate surface area is 145 Å². The minimum Gasteiger partial charge on any atom is -0.100 e. The summed E-state index contributed by atoms with van der Waals surface area (Å²) in [5.41, 5.74) is 6.57. The number of hydrogen-bond donors (Lipinski definition) is 0. The Morgan fingerprint density at radius 3 is 1.78 bits per heavy atom. The average molecular weight is 315 g/mol. The summed E-state index contributed by atoms with van der Waals surface area (Å²) < 4.78 is 0. The summed E-state index contributed by atoms with van der Waals surface area (Å²) in [5.74, 6) is 0.609. The van der Waals surface area contributed by atoms with Gasteiger partial charge in [0.25, 0.3) is 0 Å². The summed E-state index contributed by atoms with van der Waals surface area (Å²) in [4.78, 5) is 0. The molecule has 0 aromatic heterocycles. The SMILES string of the molecule is C=C(C)CC.CC(C)c1ccc2c(c1)C(C)(C)C(C)(C)C2(C)C. The Balaban J connectivity index is 0.000000463. The van der Waals surface area contributed by atoms with Gasteiger partial charge in [0.2, 0.25) is 0 Å². The zero-order valence-electron chi connectivity index (χ0n) is 17.2. The van der Waals surface area contributed by atoms with Crippen molar-refractivity contribution >= 4 is 0 Å².